The third kappa shape index (κ3) is 1.82. The highest BCUT2D eigenvalue weighted by Crippen LogP contribution is 2.42. The lowest BCUT2D eigenvalue weighted by molar-refractivity contribution is 0.0815. The van der Waals surface area contributed by atoms with Crippen LogP contribution in [0, 0.1) is 0 Å². The summed E-state index contributed by atoms with van der Waals surface area (Å²) in [5, 5.41) is 8.75. The van der Waals surface area contributed by atoms with E-state index < -0.39 is 0 Å². The maximum Gasteiger partial charge on any atom is 0.318 e. The molecule has 0 N–H and O–H groups in total. The minimum atomic E-state index is -0.116. The lowest BCUT2D eigenvalue weighted by Crippen LogP contribution is -2.41. The van der Waals surface area contributed by atoms with Crippen LogP contribution in [0.5, 0.6) is 0 Å². The van der Waals surface area contributed by atoms with Gasteiger partial charge in [-0.15, -0.1) is 5.10 Å². The second kappa shape index (κ2) is 4.75. The van der Waals surface area contributed by atoms with Gasteiger partial charge in [-0.05, 0) is 29.9 Å². The average Bonchev–Trinajstić information content (AvgIpc) is 3.14. The van der Waals surface area contributed by atoms with E-state index in [-0.39, 0.29) is 5.91 Å². The summed E-state index contributed by atoms with van der Waals surface area (Å²) in [4.78, 5) is 20.7. The van der Waals surface area contributed by atoms with Crippen molar-refractivity contribution in [1.82, 2.24) is 24.8 Å². The number of amides is 1. The number of benzene rings is 1. The van der Waals surface area contributed by atoms with Crippen LogP contribution < -0.4 is 4.90 Å². The van der Waals surface area contributed by atoms with E-state index in [1.807, 2.05) is 11.0 Å². The zero-order valence-corrected chi connectivity index (χ0v) is 13.6. The molecule has 1 aromatic carbocycles. The molecule has 2 aliphatic heterocycles. The van der Waals surface area contributed by atoms with Crippen molar-refractivity contribution in [2.45, 2.75) is 18.8 Å². The van der Waals surface area contributed by atoms with Crippen LogP contribution in [0.2, 0.25) is 5.02 Å². The largest absolute Gasteiger partial charge is 0.318 e. The third-order valence-corrected chi connectivity index (χ3v) is 4.80. The Hall–Kier alpha value is -2.51. The molecule has 2 aromatic rings. The highest BCUT2D eigenvalue weighted by molar-refractivity contribution is 6.31. The predicted octanol–water partition coefficient (Wildman–Crippen LogP) is 2.49. The minimum Gasteiger partial charge on any atom is -0.268 e. The Kier molecular flexibility index (Phi) is 2.75. The highest BCUT2D eigenvalue weighted by Gasteiger charge is 2.47. The molecule has 0 atom stereocenters. The summed E-state index contributed by atoms with van der Waals surface area (Å²) < 4.78 is 1.74. The molecule has 0 spiro atoms. The van der Waals surface area contributed by atoms with Gasteiger partial charge in [0.1, 0.15) is 5.56 Å². The van der Waals surface area contributed by atoms with Gasteiger partial charge in [-0.25, -0.2) is 0 Å². The van der Waals surface area contributed by atoms with Crippen LogP contribution in [0.15, 0.2) is 35.2 Å². The van der Waals surface area contributed by atoms with Gasteiger partial charge < -0.3 is 0 Å². The Morgan fingerprint density at radius 2 is 2.17 bits per heavy atom. The minimum absolute atomic E-state index is 0.116. The van der Waals surface area contributed by atoms with Crippen molar-refractivity contribution in [2.75, 3.05) is 7.05 Å². The summed E-state index contributed by atoms with van der Waals surface area (Å²) in [6, 6.07) is 5.29. The van der Waals surface area contributed by atoms with Gasteiger partial charge in [-0.1, -0.05) is 16.8 Å². The third-order valence-electron chi connectivity index (χ3n) is 4.57. The maximum absolute atomic E-state index is 12.8. The molecule has 1 radical (unpaired) electrons. The molecular weight excluding hydrogens is 328 g/mol. The van der Waals surface area contributed by atoms with E-state index in [1.54, 1.807) is 41.3 Å². The van der Waals surface area contributed by atoms with E-state index in [9.17, 15) is 4.79 Å². The summed E-state index contributed by atoms with van der Waals surface area (Å²) in [5.41, 5.74) is 2.37. The molecule has 1 aliphatic carbocycles. The Morgan fingerprint density at radius 3 is 2.96 bits per heavy atom. The van der Waals surface area contributed by atoms with Crippen LogP contribution in [0.4, 0.5) is 5.69 Å². The van der Waals surface area contributed by atoms with Crippen molar-refractivity contribution in [1.29, 1.82) is 0 Å². The van der Waals surface area contributed by atoms with Gasteiger partial charge in [0.15, 0.2) is 0 Å². The van der Waals surface area contributed by atoms with Crippen LogP contribution in [-0.4, -0.2) is 39.2 Å². The molecule has 0 bridgehead atoms. The predicted molar refractivity (Wildman–Crippen MR) is 89.0 cm³/mol. The van der Waals surface area contributed by atoms with Crippen LogP contribution in [0.1, 0.15) is 34.8 Å². The first kappa shape index (κ1) is 13.9. The molecule has 0 unspecified atom stereocenters. The van der Waals surface area contributed by atoms with Crippen molar-refractivity contribution < 1.29 is 4.79 Å². The van der Waals surface area contributed by atoms with E-state index in [4.69, 9.17) is 11.6 Å². The molecule has 1 amide bonds. The number of carbonyl (C=O) groups is 1. The highest BCUT2D eigenvalue weighted by atomic mass is 35.5. The lowest BCUT2D eigenvalue weighted by atomic mass is 10.1. The molecule has 24 heavy (non-hydrogen) atoms. The monoisotopic (exact) mass is 340 g/mol. The first-order chi connectivity index (χ1) is 11.6. The fourth-order valence-electron chi connectivity index (χ4n) is 3.20. The van der Waals surface area contributed by atoms with E-state index in [2.05, 4.69) is 15.3 Å². The fourth-order valence-corrected chi connectivity index (χ4v) is 3.37. The molecule has 8 heteroatoms. The SMILES string of the molecule is CN1C(=O)c2cc(Cl)ccc2[N+]2C=NC(n3nncc3C3CC3)=C12. The Labute approximate surface area is 142 Å². The molecule has 1 aromatic heterocycles. The molecule has 1 fully saturated rings. The number of aliphatic imine (C=N–C) groups is 1. The number of nitrogens with zero attached hydrogens (tertiary/aromatic N) is 6. The smallest absolute Gasteiger partial charge is 0.268 e. The van der Waals surface area contributed by atoms with Gasteiger partial charge in [0.2, 0.25) is 11.5 Å². The second-order valence-corrected chi connectivity index (χ2v) is 6.57. The molecule has 5 rings (SSSR count). The molecule has 7 nitrogen and oxygen atoms in total. The number of hydrogen-bond acceptors (Lipinski definition) is 5. The molecule has 3 heterocycles. The van der Waals surface area contributed by atoms with Crippen molar-refractivity contribution in [3.05, 3.63) is 46.5 Å². The van der Waals surface area contributed by atoms with Crippen LogP contribution in [0.3, 0.4) is 0 Å². The number of rotatable bonds is 2. The van der Waals surface area contributed by atoms with Crippen molar-refractivity contribution in [3.63, 3.8) is 0 Å². The summed E-state index contributed by atoms with van der Waals surface area (Å²) in [6.07, 6.45) is 5.76. The Balaban J connectivity index is 1.70. The van der Waals surface area contributed by atoms with Gasteiger partial charge in [0.05, 0.1) is 11.9 Å². The number of hydrogen-bond donors (Lipinski definition) is 0. The zero-order chi connectivity index (χ0) is 16.4. The quantitative estimate of drug-likeness (QED) is 0.789. The second-order valence-electron chi connectivity index (χ2n) is 6.13. The van der Waals surface area contributed by atoms with E-state index in [0.29, 0.717) is 28.1 Å². The van der Waals surface area contributed by atoms with Crippen molar-refractivity contribution in [2.24, 2.45) is 4.99 Å². The van der Waals surface area contributed by atoms with Gasteiger partial charge in [0.25, 0.3) is 12.2 Å². The lowest BCUT2D eigenvalue weighted by Gasteiger charge is -2.24. The summed E-state index contributed by atoms with van der Waals surface area (Å²) in [7, 11) is 1.73. The van der Waals surface area contributed by atoms with Crippen molar-refractivity contribution >= 4 is 35.4 Å². The normalized spacial score (nSPS) is 19.9. The van der Waals surface area contributed by atoms with E-state index >= 15 is 0 Å². The van der Waals surface area contributed by atoms with Crippen LogP contribution in [-0.2, 0) is 0 Å². The fraction of sp³-hybridized carbons (Fsp3) is 0.250. The average molecular weight is 341 g/mol. The van der Waals surface area contributed by atoms with Gasteiger partial charge >= 0.3 is 5.82 Å². The number of carbonyl (C=O) groups excluding carboxylic acids is 1. The molecule has 3 aliphatic rings. The van der Waals surface area contributed by atoms with E-state index in [0.717, 1.165) is 24.2 Å². The summed E-state index contributed by atoms with van der Waals surface area (Å²) in [5.74, 6) is 1.66. The summed E-state index contributed by atoms with van der Waals surface area (Å²) >= 11 is 6.05. The first-order valence-electron chi connectivity index (χ1n) is 7.71. The maximum atomic E-state index is 12.8. The molecule has 1 saturated carbocycles. The van der Waals surface area contributed by atoms with Crippen molar-refractivity contribution in [3.8, 4) is 0 Å². The van der Waals surface area contributed by atoms with E-state index in [1.165, 1.54) is 0 Å². The van der Waals surface area contributed by atoms with Gasteiger partial charge in [0, 0.05) is 24.1 Å². The molecule has 0 saturated heterocycles. The Bertz CT molecular complexity index is 942. The zero-order valence-electron chi connectivity index (χ0n) is 12.8. The Morgan fingerprint density at radius 1 is 1.33 bits per heavy atom. The van der Waals surface area contributed by atoms with Crippen LogP contribution >= 0.6 is 11.6 Å². The number of fused-ring (bicyclic) bond motifs is 3. The number of halogens is 1. The van der Waals surface area contributed by atoms with Crippen LogP contribution in [0.25, 0.3) is 5.82 Å². The number of anilines is 1. The topological polar surface area (TPSA) is 69.3 Å². The molecular formula is C16H13ClN6O+. The van der Waals surface area contributed by atoms with Gasteiger partial charge in [-0.2, -0.15) is 9.67 Å². The first-order valence-corrected chi connectivity index (χ1v) is 8.09. The summed E-state index contributed by atoms with van der Waals surface area (Å²) in [6.45, 7) is 0. The van der Waals surface area contributed by atoms with Gasteiger partial charge in [-0.3, -0.25) is 9.69 Å². The number of aromatic nitrogens is 3. The standard InChI is InChI=1S/C16H13ClN6O/c1-21-15-14(23-13(7-19-20-23)9-2-3-9)18-8-22(15)12-5-4-10(17)6-11(12)16(21)24/h4-9H,2-3H2,1H3/q+1. The molecule has 119 valence electrons.